The fourth-order valence-electron chi connectivity index (χ4n) is 3.37. The van der Waals surface area contributed by atoms with E-state index in [0.29, 0.717) is 11.8 Å². The molecule has 126 valence electrons. The van der Waals surface area contributed by atoms with E-state index in [0.717, 1.165) is 51.5 Å². The van der Waals surface area contributed by atoms with Gasteiger partial charge in [-0.1, -0.05) is 32.4 Å². The summed E-state index contributed by atoms with van der Waals surface area (Å²) in [4.78, 5) is 17.0. The van der Waals surface area contributed by atoms with Gasteiger partial charge in [-0.3, -0.25) is 9.69 Å². The van der Waals surface area contributed by atoms with E-state index >= 15 is 0 Å². The number of hydrogen-bond donors (Lipinski definition) is 0. The van der Waals surface area contributed by atoms with Gasteiger partial charge in [-0.25, -0.2) is 0 Å². The average molecular weight is 316 g/mol. The van der Waals surface area contributed by atoms with Gasteiger partial charge < -0.3 is 9.64 Å². The fraction of sp³-hybridized carbons (Fsp3) is 0.632. The standard InChI is InChI=1S/C19H28N2O2/c1-3-15(2)18-13-21(14-18)19(22)17-6-4-5-16(11-17)12-20-7-9-23-10-8-20/h4-6,11,15,18H,3,7-10,12-14H2,1-2H3. The predicted octanol–water partition coefficient (Wildman–Crippen LogP) is 2.64. The highest BCUT2D eigenvalue weighted by molar-refractivity contribution is 5.94. The summed E-state index contributed by atoms with van der Waals surface area (Å²) in [5.74, 6) is 1.58. The maximum Gasteiger partial charge on any atom is 0.253 e. The molecule has 2 aliphatic rings. The highest BCUT2D eigenvalue weighted by Crippen LogP contribution is 2.27. The molecule has 0 N–H and O–H groups in total. The van der Waals surface area contributed by atoms with E-state index in [-0.39, 0.29) is 5.91 Å². The Bertz CT molecular complexity index is 534. The van der Waals surface area contributed by atoms with Gasteiger partial charge in [0.05, 0.1) is 13.2 Å². The second-order valence-electron chi connectivity index (χ2n) is 6.94. The number of rotatable bonds is 5. The van der Waals surface area contributed by atoms with Crippen LogP contribution in [0.25, 0.3) is 0 Å². The van der Waals surface area contributed by atoms with Crippen molar-refractivity contribution in [2.45, 2.75) is 26.8 Å². The molecule has 4 nitrogen and oxygen atoms in total. The molecule has 2 saturated heterocycles. The summed E-state index contributed by atoms with van der Waals surface area (Å²) in [6.45, 7) is 10.8. The first-order valence-electron chi connectivity index (χ1n) is 8.85. The summed E-state index contributed by atoms with van der Waals surface area (Å²) in [6, 6.07) is 8.13. The summed E-state index contributed by atoms with van der Waals surface area (Å²) < 4.78 is 5.39. The number of hydrogen-bond acceptors (Lipinski definition) is 3. The smallest absolute Gasteiger partial charge is 0.253 e. The lowest BCUT2D eigenvalue weighted by atomic mass is 9.85. The molecule has 0 aromatic heterocycles. The second-order valence-corrected chi connectivity index (χ2v) is 6.94. The molecule has 0 spiro atoms. The number of morpholine rings is 1. The molecule has 0 saturated carbocycles. The lowest BCUT2D eigenvalue weighted by Crippen LogP contribution is -2.52. The van der Waals surface area contributed by atoms with Crippen LogP contribution in [0.1, 0.15) is 36.2 Å². The van der Waals surface area contributed by atoms with E-state index in [4.69, 9.17) is 4.74 Å². The van der Waals surface area contributed by atoms with Crippen molar-refractivity contribution >= 4 is 5.91 Å². The first-order chi connectivity index (χ1) is 11.2. The summed E-state index contributed by atoms with van der Waals surface area (Å²) in [5.41, 5.74) is 2.05. The van der Waals surface area contributed by atoms with Crippen LogP contribution < -0.4 is 0 Å². The van der Waals surface area contributed by atoms with Crippen molar-refractivity contribution < 1.29 is 9.53 Å². The van der Waals surface area contributed by atoms with Crippen LogP contribution in [0.5, 0.6) is 0 Å². The zero-order valence-corrected chi connectivity index (χ0v) is 14.3. The predicted molar refractivity (Wildman–Crippen MR) is 91.4 cm³/mol. The number of benzene rings is 1. The number of ether oxygens (including phenoxy) is 1. The fourth-order valence-corrected chi connectivity index (χ4v) is 3.37. The van der Waals surface area contributed by atoms with Crippen LogP contribution in [0.4, 0.5) is 0 Å². The SMILES string of the molecule is CCC(C)C1CN(C(=O)c2cccc(CN3CCOCC3)c2)C1. The highest BCUT2D eigenvalue weighted by atomic mass is 16.5. The number of likely N-dealkylation sites (tertiary alicyclic amines) is 1. The molecule has 0 bridgehead atoms. The van der Waals surface area contributed by atoms with Crippen molar-refractivity contribution in [2.24, 2.45) is 11.8 Å². The van der Waals surface area contributed by atoms with E-state index in [1.54, 1.807) is 0 Å². The van der Waals surface area contributed by atoms with Gasteiger partial charge >= 0.3 is 0 Å². The Morgan fingerprint density at radius 3 is 2.74 bits per heavy atom. The van der Waals surface area contributed by atoms with Crippen LogP contribution in [0.2, 0.25) is 0 Å². The third-order valence-corrected chi connectivity index (χ3v) is 5.33. The topological polar surface area (TPSA) is 32.8 Å². The Balaban J connectivity index is 1.58. The summed E-state index contributed by atoms with van der Waals surface area (Å²) >= 11 is 0. The van der Waals surface area contributed by atoms with Crippen molar-refractivity contribution in [1.29, 1.82) is 0 Å². The van der Waals surface area contributed by atoms with E-state index in [9.17, 15) is 4.79 Å². The lowest BCUT2D eigenvalue weighted by molar-refractivity contribution is 0.0339. The zero-order valence-electron chi connectivity index (χ0n) is 14.3. The minimum Gasteiger partial charge on any atom is -0.379 e. The van der Waals surface area contributed by atoms with Crippen molar-refractivity contribution in [1.82, 2.24) is 9.80 Å². The Hall–Kier alpha value is -1.39. The molecule has 23 heavy (non-hydrogen) atoms. The molecule has 0 radical (unpaired) electrons. The van der Waals surface area contributed by atoms with Gasteiger partial charge in [0.1, 0.15) is 0 Å². The molecule has 0 aliphatic carbocycles. The third-order valence-electron chi connectivity index (χ3n) is 5.33. The monoisotopic (exact) mass is 316 g/mol. The van der Waals surface area contributed by atoms with Crippen LogP contribution in [0.3, 0.4) is 0 Å². The number of amides is 1. The van der Waals surface area contributed by atoms with Crippen molar-refractivity contribution in [3.05, 3.63) is 35.4 Å². The van der Waals surface area contributed by atoms with Crippen molar-refractivity contribution in [3.8, 4) is 0 Å². The molecule has 1 aromatic carbocycles. The van der Waals surface area contributed by atoms with Crippen LogP contribution in [-0.2, 0) is 11.3 Å². The van der Waals surface area contributed by atoms with Crippen molar-refractivity contribution in [3.63, 3.8) is 0 Å². The average Bonchev–Trinajstić information content (AvgIpc) is 2.54. The maximum atomic E-state index is 12.6. The van der Waals surface area contributed by atoms with Gasteiger partial charge in [0, 0.05) is 38.3 Å². The van der Waals surface area contributed by atoms with Crippen molar-refractivity contribution in [2.75, 3.05) is 39.4 Å². The molecule has 1 amide bonds. The Kier molecular flexibility index (Phi) is 5.34. The molecule has 1 aromatic rings. The Morgan fingerprint density at radius 2 is 2.04 bits per heavy atom. The van der Waals surface area contributed by atoms with E-state index < -0.39 is 0 Å². The molecular formula is C19H28N2O2. The molecule has 2 aliphatic heterocycles. The van der Waals surface area contributed by atoms with Gasteiger partial charge in [0.15, 0.2) is 0 Å². The van der Waals surface area contributed by atoms with E-state index in [2.05, 4.69) is 30.9 Å². The third kappa shape index (κ3) is 3.93. The maximum absolute atomic E-state index is 12.6. The molecular weight excluding hydrogens is 288 g/mol. The minimum absolute atomic E-state index is 0.188. The zero-order chi connectivity index (χ0) is 16.2. The van der Waals surface area contributed by atoms with Gasteiger partial charge in [-0.15, -0.1) is 0 Å². The summed E-state index contributed by atoms with van der Waals surface area (Å²) in [7, 11) is 0. The highest BCUT2D eigenvalue weighted by Gasteiger charge is 2.33. The molecule has 1 atom stereocenters. The lowest BCUT2D eigenvalue weighted by Gasteiger charge is -2.42. The van der Waals surface area contributed by atoms with Crippen LogP contribution >= 0.6 is 0 Å². The molecule has 3 rings (SSSR count). The van der Waals surface area contributed by atoms with E-state index in [1.807, 2.05) is 17.0 Å². The van der Waals surface area contributed by atoms with Gasteiger partial charge in [0.2, 0.25) is 0 Å². The van der Waals surface area contributed by atoms with E-state index in [1.165, 1.54) is 12.0 Å². The van der Waals surface area contributed by atoms with Crippen LogP contribution in [-0.4, -0.2) is 55.1 Å². The number of nitrogens with zero attached hydrogens (tertiary/aromatic N) is 2. The Morgan fingerprint density at radius 1 is 1.30 bits per heavy atom. The second kappa shape index (κ2) is 7.45. The molecule has 2 fully saturated rings. The molecule has 2 heterocycles. The quantitative estimate of drug-likeness (QED) is 0.837. The number of carbonyl (C=O) groups excluding carboxylic acids is 1. The first kappa shape index (κ1) is 16.5. The van der Waals surface area contributed by atoms with Crippen LogP contribution in [0.15, 0.2) is 24.3 Å². The largest absolute Gasteiger partial charge is 0.379 e. The van der Waals surface area contributed by atoms with Gasteiger partial charge in [0.25, 0.3) is 5.91 Å². The Labute approximate surface area is 139 Å². The number of carbonyl (C=O) groups is 1. The minimum atomic E-state index is 0.188. The van der Waals surface area contributed by atoms with Crippen LogP contribution in [0, 0.1) is 11.8 Å². The first-order valence-corrected chi connectivity index (χ1v) is 8.85. The molecule has 1 unspecified atom stereocenters. The normalized spacial score (nSPS) is 21.0. The molecule has 4 heteroatoms. The van der Waals surface area contributed by atoms with Gasteiger partial charge in [-0.2, -0.15) is 0 Å². The summed E-state index contributed by atoms with van der Waals surface area (Å²) in [5, 5.41) is 0. The van der Waals surface area contributed by atoms with Gasteiger partial charge in [-0.05, 0) is 29.5 Å². The summed E-state index contributed by atoms with van der Waals surface area (Å²) in [6.07, 6.45) is 1.20.